The van der Waals surface area contributed by atoms with E-state index in [4.69, 9.17) is 0 Å². The molecular weight excluding hydrogens is 666 g/mol. The minimum absolute atomic E-state index is 0.0478. The average molecular weight is 705 g/mol. The molecule has 2 aromatic heterocycles. The number of halogens is 3. The van der Waals surface area contributed by atoms with E-state index in [1.165, 1.54) is 10.4 Å². The number of aryl methyl sites for hydroxylation is 3. The van der Waals surface area contributed by atoms with Gasteiger partial charge in [-0.25, -0.2) is 13.1 Å². The Labute approximate surface area is 289 Å². The molecule has 0 saturated carbocycles. The Bertz CT molecular complexity index is 2170. The maximum atomic E-state index is 14.1. The number of hydrogen-bond donors (Lipinski definition) is 1. The summed E-state index contributed by atoms with van der Waals surface area (Å²) in [5.41, 5.74) is 5.55. The largest absolute Gasteiger partial charge is 0.416 e. The van der Waals surface area contributed by atoms with Gasteiger partial charge in [-0.05, 0) is 96.8 Å². The van der Waals surface area contributed by atoms with Crippen LogP contribution in [-0.4, -0.2) is 45.2 Å². The van der Waals surface area contributed by atoms with Gasteiger partial charge in [0.05, 0.1) is 27.9 Å². The fraction of sp³-hybridized carbons (Fsp3) is 0.351. The Kier molecular flexibility index (Phi) is 9.57. The highest BCUT2D eigenvalue weighted by molar-refractivity contribution is 7.89. The number of fused-ring (bicyclic) bond motifs is 2. The van der Waals surface area contributed by atoms with E-state index in [1.807, 2.05) is 69.6 Å². The van der Waals surface area contributed by atoms with E-state index in [2.05, 4.69) is 20.6 Å². The van der Waals surface area contributed by atoms with Crippen LogP contribution in [0, 0.1) is 25.7 Å². The van der Waals surface area contributed by atoms with Gasteiger partial charge in [-0.1, -0.05) is 49.4 Å². The van der Waals surface area contributed by atoms with E-state index in [1.54, 1.807) is 24.5 Å². The number of anilines is 1. The predicted molar refractivity (Wildman–Crippen MR) is 185 cm³/mol. The summed E-state index contributed by atoms with van der Waals surface area (Å²) in [6, 6.07) is 16.2. The van der Waals surface area contributed by atoms with Crippen molar-refractivity contribution in [2.45, 2.75) is 71.1 Å². The smallest absolute Gasteiger partial charge is 0.324 e. The summed E-state index contributed by atoms with van der Waals surface area (Å²) in [7, 11) is -4.29. The number of amides is 1. The Balaban J connectivity index is 1.43. The first-order valence-corrected chi connectivity index (χ1v) is 18.0. The molecule has 0 radical (unpaired) electrons. The third-order valence-electron chi connectivity index (χ3n) is 9.63. The third-order valence-corrected chi connectivity index (χ3v) is 11.5. The van der Waals surface area contributed by atoms with Crippen molar-refractivity contribution in [3.8, 4) is 0 Å². The van der Waals surface area contributed by atoms with Crippen molar-refractivity contribution in [2.24, 2.45) is 11.8 Å². The summed E-state index contributed by atoms with van der Waals surface area (Å²) in [6.07, 6.45) is -1.16. The minimum atomic E-state index is -4.68. The van der Waals surface area contributed by atoms with Crippen LogP contribution in [0.3, 0.4) is 0 Å². The second-order valence-electron chi connectivity index (χ2n) is 13.2. The highest BCUT2D eigenvalue weighted by Crippen LogP contribution is 2.39. The van der Waals surface area contributed by atoms with Gasteiger partial charge in [0.25, 0.3) is 0 Å². The highest BCUT2D eigenvalue weighted by Gasteiger charge is 2.37. The van der Waals surface area contributed by atoms with Crippen LogP contribution < -0.4 is 5.32 Å². The number of nitrogens with one attached hydrogen (secondary N) is 1. The van der Waals surface area contributed by atoms with Crippen LogP contribution in [-0.2, 0) is 40.5 Å². The molecule has 0 unspecified atom stereocenters. The van der Waals surface area contributed by atoms with Crippen molar-refractivity contribution in [3.63, 3.8) is 0 Å². The summed E-state index contributed by atoms with van der Waals surface area (Å²) >= 11 is 0. The van der Waals surface area contributed by atoms with Gasteiger partial charge >= 0.3 is 6.18 Å². The maximum absolute atomic E-state index is 14.1. The maximum Gasteiger partial charge on any atom is 0.416 e. The molecular formula is C37H39F3N6O3S. The Morgan fingerprint density at radius 3 is 2.56 bits per heavy atom. The van der Waals surface area contributed by atoms with Crippen LogP contribution in [0.2, 0.25) is 0 Å². The van der Waals surface area contributed by atoms with Gasteiger partial charge in [-0.2, -0.15) is 17.5 Å². The molecule has 0 bridgehead atoms. The zero-order valence-electron chi connectivity index (χ0n) is 28.5. The Hall–Kier alpha value is -4.62. The van der Waals surface area contributed by atoms with Gasteiger partial charge in [0.1, 0.15) is 5.52 Å². The van der Waals surface area contributed by atoms with E-state index < -0.39 is 33.6 Å². The lowest BCUT2D eigenvalue weighted by molar-refractivity contribution is -0.137. The first kappa shape index (κ1) is 35.2. The Morgan fingerprint density at radius 1 is 1.08 bits per heavy atom. The number of benzene rings is 3. The van der Waals surface area contributed by atoms with Gasteiger partial charge < -0.3 is 5.32 Å². The fourth-order valence-electron chi connectivity index (χ4n) is 6.89. The van der Waals surface area contributed by atoms with Gasteiger partial charge in [0.2, 0.25) is 15.9 Å². The summed E-state index contributed by atoms with van der Waals surface area (Å²) in [6.45, 7) is 10.3. The van der Waals surface area contributed by atoms with Crippen molar-refractivity contribution in [3.05, 3.63) is 112 Å². The number of aromatic nitrogens is 4. The molecule has 5 aromatic rings. The second kappa shape index (κ2) is 13.6. The molecule has 9 nitrogen and oxygen atoms in total. The summed E-state index contributed by atoms with van der Waals surface area (Å²) in [5, 5.41) is 11.7. The molecule has 3 heterocycles. The average Bonchev–Trinajstić information content (AvgIpc) is 3.47. The number of pyridine rings is 1. The van der Waals surface area contributed by atoms with E-state index in [0.29, 0.717) is 29.8 Å². The molecule has 3 aromatic carbocycles. The zero-order valence-corrected chi connectivity index (χ0v) is 29.3. The SMILES string of the molecule is CCn1nnc2c(C)c([C@H](c3ccc(C)c(CN4C[C@@H](C)Cc5ccc(C(F)(F)F)cc5S4(=O)=O)c3)[C@@H](C)C(=O)Nc3cccnc3)ccc21. The van der Waals surface area contributed by atoms with Crippen molar-refractivity contribution >= 4 is 32.7 Å². The quantitative estimate of drug-likeness (QED) is 0.182. The monoisotopic (exact) mass is 704 g/mol. The topological polar surface area (TPSA) is 110 Å². The third kappa shape index (κ3) is 6.76. The molecule has 0 spiro atoms. The lowest BCUT2D eigenvalue weighted by atomic mass is 9.78. The van der Waals surface area contributed by atoms with Crippen LogP contribution in [0.25, 0.3) is 11.0 Å². The summed E-state index contributed by atoms with van der Waals surface area (Å²) in [5.74, 6) is -1.45. The van der Waals surface area contributed by atoms with Crippen LogP contribution >= 0.6 is 0 Å². The summed E-state index contributed by atoms with van der Waals surface area (Å²) < 4.78 is 72.2. The molecule has 3 atom stereocenters. The number of carbonyl (C=O) groups is 1. The van der Waals surface area contributed by atoms with E-state index in [9.17, 15) is 26.4 Å². The molecule has 0 saturated heterocycles. The van der Waals surface area contributed by atoms with Crippen LogP contribution in [0.1, 0.15) is 65.6 Å². The molecule has 1 aliphatic rings. The van der Waals surface area contributed by atoms with Gasteiger partial charge in [0, 0.05) is 37.7 Å². The molecule has 50 heavy (non-hydrogen) atoms. The molecule has 262 valence electrons. The zero-order chi connectivity index (χ0) is 36.0. The van der Waals surface area contributed by atoms with Crippen molar-refractivity contribution in [2.75, 3.05) is 11.9 Å². The van der Waals surface area contributed by atoms with E-state index >= 15 is 0 Å². The Morgan fingerprint density at radius 2 is 1.86 bits per heavy atom. The first-order valence-electron chi connectivity index (χ1n) is 16.5. The highest BCUT2D eigenvalue weighted by atomic mass is 32.2. The number of rotatable bonds is 8. The molecule has 0 aliphatic carbocycles. The van der Waals surface area contributed by atoms with Crippen LogP contribution in [0.4, 0.5) is 18.9 Å². The van der Waals surface area contributed by atoms with Gasteiger partial charge in [-0.3, -0.25) is 9.78 Å². The normalized spacial score (nSPS) is 17.6. The number of sulfonamides is 1. The number of hydrogen-bond acceptors (Lipinski definition) is 6. The molecule has 1 amide bonds. The van der Waals surface area contributed by atoms with Crippen molar-refractivity contribution in [1.82, 2.24) is 24.3 Å². The lowest BCUT2D eigenvalue weighted by Gasteiger charge is -2.28. The standard InChI is InChI=1S/C37H39F3N6O3S/c1-6-46-32-14-13-31(24(4)35(32)43-44-46)34(25(5)36(47)42-30-8-7-15-41-19-30)27-10-9-23(3)28(17-27)21-45-20-22(2)16-26-11-12-29(37(38,39)40)18-33(26)50(45,48)49/h7-15,17-19,22,25,34H,6,16,20-21H2,1-5H3,(H,42,47)/t22-,25+,34-/m0/s1. The van der Waals surface area contributed by atoms with E-state index in [0.717, 1.165) is 45.4 Å². The number of alkyl halides is 3. The molecule has 6 rings (SSSR count). The number of nitrogens with zero attached hydrogens (tertiary/aromatic N) is 5. The lowest BCUT2D eigenvalue weighted by Crippen LogP contribution is -2.33. The fourth-order valence-corrected chi connectivity index (χ4v) is 8.69. The van der Waals surface area contributed by atoms with Gasteiger partial charge in [-0.15, -0.1) is 5.10 Å². The predicted octanol–water partition coefficient (Wildman–Crippen LogP) is 7.27. The van der Waals surface area contributed by atoms with Crippen LogP contribution in [0.15, 0.2) is 78.0 Å². The van der Waals surface area contributed by atoms with Gasteiger partial charge in [0.15, 0.2) is 0 Å². The molecule has 13 heteroatoms. The second-order valence-corrected chi connectivity index (χ2v) is 15.1. The molecule has 1 aliphatic heterocycles. The number of carbonyl (C=O) groups excluding carboxylic acids is 1. The van der Waals surface area contributed by atoms with E-state index in [-0.39, 0.29) is 29.8 Å². The van der Waals surface area contributed by atoms with Crippen molar-refractivity contribution in [1.29, 1.82) is 0 Å². The molecule has 1 N–H and O–H groups in total. The summed E-state index contributed by atoms with van der Waals surface area (Å²) in [4.78, 5) is 17.6. The first-order chi connectivity index (χ1) is 23.7. The molecule has 0 fully saturated rings. The van der Waals surface area contributed by atoms with Crippen LogP contribution in [0.5, 0.6) is 0 Å². The minimum Gasteiger partial charge on any atom is -0.324 e. The van der Waals surface area contributed by atoms with Crippen molar-refractivity contribution < 1.29 is 26.4 Å².